The molecule has 0 fully saturated rings. The molecule has 0 bridgehead atoms. The van der Waals surface area contributed by atoms with Gasteiger partial charge < -0.3 is 0 Å². The van der Waals surface area contributed by atoms with Crippen LogP contribution in [-0.2, 0) is 0 Å². The average Bonchev–Trinajstić information content (AvgIpc) is 2.05. The predicted octanol–water partition coefficient (Wildman–Crippen LogP) is 1.20. The zero-order valence-corrected chi connectivity index (χ0v) is 7.35. The van der Waals surface area contributed by atoms with Crippen LogP contribution in [0.1, 0.15) is 10.4 Å². The molecule has 0 aliphatic heterocycles. The molecular formula is C8H9ClN2O. The van der Waals surface area contributed by atoms with Gasteiger partial charge in [-0.15, -0.1) is 0 Å². The number of benzene rings is 1. The SMILES string of the molecule is CNNC(=O)c1ccccc1Cl. The van der Waals surface area contributed by atoms with E-state index in [9.17, 15) is 4.79 Å². The summed E-state index contributed by atoms with van der Waals surface area (Å²) in [6.07, 6.45) is 0. The first-order valence-corrected chi connectivity index (χ1v) is 3.85. The summed E-state index contributed by atoms with van der Waals surface area (Å²) in [5.74, 6) is -0.233. The molecule has 1 rings (SSSR count). The van der Waals surface area contributed by atoms with Crippen LogP contribution in [0.3, 0.4) is 0 Å². The minimum absolute atomic E-state index is 0.233. The molecule has 4 heteroatoms. The fourth-order valence-electron chi connectivity index (χ4n) is 0.826. The number of hydrogen-bond donors (Lipinski definition) is 2. The lowest BCUT2D eigenvalue weighted by Gasteiger charge is -2.03. The summed E-state index contributed by atoms with van der Waals surface area (Å²) >= 11 is 5.77. The van der Waals surface area contributed by atoms with Crippen LogP contribution in [-0.4, -0.2) is 13.0 Å². The van der Waals surface area contributed by atoms with Crippen molar-refractivity contribution in [1.29, 1.82) is 0 Å². The van der Waals surface area contributed by atoms with Crippen molar-refractivity contribution in [3.05, 3.63) is 34.9 Å². The Labute approximate surface area is 75.7 Å². The van der Waals surface area contributed by atoms with Crippen LogP contribution in [0, 0.1) is 0 Å². The molecule has 1 aromatic rings. The predicted molar refractivity (Wildman–Crippen MR) is 48.0 cm³/mol. The first kappa shape index (κ1) is 9.03. The molecule has 0 heterocycles. The molecular weight excluding hydrogens is 176 g/mol. The van der Waals surface area contributed by atoms with Gasteiger partial charge in [0.2, 0.25) is 0 Å². The third kappa shape index (κ3) is 1.96. The topological polar surface area (TPSA) is 41.1 Å². The number of nitrogens with one attached hydrogen (secondary N) is 2. The summed E-state index contributed by atoms with van der Waals surface area (Å²) in [7, 11) is 1.62. The Kier molecular flexibility index (Phi) is 3.08. The summed E-state index contributed by atoms with van der Waals surface area (Å²) < 4.78 is 0. The van der Waals surface area contributed by atoms with E-state index in [1.807, 2.05) is 0 Å². The normalized spacial score (nSPS) is 9.50. The zero-order chi connectivity index (χ0) is 8.97. The van der Waals surface area contributed by atoms with Gasteiger partial charge in [-0.05, 0) is 12.1 Å². The molecule has 0 unspecified atom stereocenters. The van der Waals surface area contributed by atoms with Gasteiger partial charge in [-0.25, -0.2) is 5.43 Å². The standard InChI is InChI=1S/C8H9ClN2O/c1-10-11-8(12)6-4-2-3-5-7(6)9/h2-5,10H,1H3,(H,11,12). The van der Waals surface area contributed by atoms with E-state index in [1.54, 1.807) is 31.3 Å². The molecule has 0 radical (unpaired) electrons. The Balaban J connectivity index is 2.87. The number of hydrogen-bond acceptors (Lipinski definition) is 2. The van der Waals surface area contributed by atoms with E-state index in [0.29, 0.717) is 10.6 Å². The number of halogens is 1. The number of hydrazine groups is 1. The Morgan fingerprint density at radius 2 is 2.08 bits per heavy atom. The Bertz CT molecular complexity index is 288. The molecule has 12 heavy (non-hydrogen) atoms. The fourth-order valence-corrected chi connectivity index (χ4v) is 1.05. The number of carbonyl (C=O) groups is 1. The van der Waals surface area contributed by atoms with Crippen LogP contribution in [0.4, 0.5) is 0 Å². The third-order valence-corrected chi connectivity index (χ3v) is 1.69. The molecule has 1 aromatic carbocycles. The van der Waals surface area contributed by atoms with Gasteiger partial charge in [0.25, 0.3) is 5.91 Å². The lowest BCUT2D eigenvalue weighted by molar-refractivity contribution is 0.0938. The first-order chi connectivity index (χ1) is 5.75. The van der Waals surface area contributed by atoms with Crippen molar-refractivity contribution in [3.63, 3.8) is 0 Å². The van der Waals surface area contributed by atoms with Gasteiger partial charge in [0.05, 0.1) is 10.6 Å². The molecule has 1 amide bonds. The maximum atomic E-state index is 11.2. The summed E-state index contributed by atoms with van der Waals surface area (Å²) in [5.41, 5.74) is 5.43. The van der Waals surface area contributed by atoms with E-state index in [-0.39, 0.29) is 5.91 Å². The molecule has 0 aliphatic rings. The van der Waals surface area contributed by atoms with Crippen molar-refractivity contribution >= 4 is 17.5 Å². The van der Waals surface area contributed by atoms with Crippen molar-refractivity contribution in [2.24, 2.45) is 0 Å². The lowest BCUT2D eigenvalue weighted by Crippen LogP contribution is -2.34. The van der Waals surface area contributed by atoms with E-state index in [2.05, 4.69) is 10.9 Å². The van der Waals surface area contributed by atoms with E-state index >= 15 is 0 Å². The van der Waals surface area contributed by atoms with Crippen molar-refractivity contribution in [1.82, 2.24) is 10.9 Å². The van der Waals surface area contributed by atoms with Crippen LogP contribution >= 0.6 is 11.6 Å². The van der Waals surface area contributed by atoms with Crippen molar-refractivity contribution in [3.8, 4) is 0 Å². The first-order valence-electron chi connectivity index (χ1n) is 3.47. The van der Waals surface area contributed by atoms with Gasteiger partial charge in [0.1, 0.15) is 0 Å². The highest BCUT2D eigenvalue weighted by molar-refractivity contribution is 6.33. The van der Waals surface area contributed by atoms with Crippen LogP contribution in [0.5, 0.6) is 0 Å². The average molecular weight is 185 g/mol. The number of amides is 1. The molecule has 0 saturated carbocycles. The monoisotopic (exact) mass is 184 g/mol. The molecule has 64 valence electrons. The second-order valence-electron chi connectivity index (χ2n) is 2.18. The smallest absolute Gasteiger partial charge is 0.266 e. The number of carbonyl (C=O) groups excluding carboxylic acids is 1. The minimum atomic E-state index is -0.233. The quantitative estimate of drug-likeness (QED) is 0.679. The summed E-state index contributed by atoms with van der Waals surface area (Å²) in [6.45, 7) is 0. The lowest BCUT2D eigenvalue weighted by atomic mass is 10.2. The maximum absolute atomic E-state index is 11.2. The minimum Gasteiger partial charge on any atom is -0.288 e. The Morgan fingerprint density at radius 1 is 1.42 bits per heavy atom. The molecule has 0 saturated heterocycles. The highest BCUT2D eigenvalue weighted by atomic mass is 35.5. The van der Waals surface area contributed by atoms with Crippen molar-refractivity contribution in [2.45, 2.75) is 0 Å². The maximum Gasteiger partial charge on any atom is 0.266 e. The summed E-state index contributed by atoms with van der Waals surface area (Å²) in [5, 5.41) is 0.449. The van der Waals surface area contributed by atoms with E-state index in [0.717, 1.165) is 0 Å². The van der Waals surface area contributed by atoms with Gasteiger partial charge in [-0.1, -0.05) is 23.7 Å². The summed E-state index contributed by atoms with van der Waals surface area (Å²) in [4.78, 5) is 11.2. The zero-order valence-electron chi connectivity index (χ0n) is 6.60. The Hall–Kier alpha value is -1.06. The van der Waals surface area contributed by atoms with E-state index in [1.165, 1.54) is 0 Å². The highest BCUT2D eigenvalue weighted by Crippen LogP contribution is 2.13. The second-order valence-corrected chi connectivity index (χ2v) is 2.59. The molecule has 3 nitrogen and oxygen atoms in total. The van der Waals surface area contributed by atoms with Crippen molar-refractivity contribution < 1.29 is 4.79 Å². The number of rotatable bonds is 2. The molecule has 0 atom stereocenters. The van der Waals surface area contributed by atoms with E-state index < -0.39 is 0 Å². The van der Waals surface area contributed by atoms with Gasteiger partial charge >= 0.3 is 0 Å². The van der Waals surface area contributed by atoms with Gasteiger partial charge in [0.15, 0.2) is 0 Å². The largest absolute Gasteiger partial charge is 0.288 e. The van der Waals surface area contributed by atoms with Gasteiger partial charge in [0, 0.05) is 7.05 Å². The third-order valence-electron chi connectivity index (χ3n) is 1.36. The van der Waals surface area contributed by atoms with Crippen molar-refractivity contribution in [2.75, 3.05) is 7.05 Å². The van der Waals surface area contributed by atoms with Crippen LogP contribution in [0.25, 0.3) is 0 Å². The van der Waals surface area contributed by atoms with Crippen LogP contribution in [0.15, 0.2) is 24.3 Å². The molecule has 0 spiro atoms. The Morgan fingerprint density at radius 3 is 2.67 bits per heavy atom. The van der Waals surface area contributed by atoms with Gasteiger partial charge in [-0.2, -0.15) is 0 Å². The van der Waals surface area contributed by atoms with E-state index in [4.69, 9.17) is 11.6 Å². The second kappa shape index (κ2) is 4.09. The fraction of sp³-hybridized carbons (Fsp3) is 0.125. The van der Waals surface area contributed by atoms with Crippen LogP contribution < -0.4 is 10.9 Å². The molecule has 0 aromatic heterocycles. The van der Waals surface area contributed by atoms with Crippen LogP contribution in [0.2, 0.25) is 5.02 Å². The molecule has 2 N–H and O–H groups in total. The molecule has 0 aliphatic carbocycles. The highest BCUT2D eigenvalue weighted by Gasteiger charge is 2.06. The van der Waals surface area contributed by atoms with Gasteiger partial charge in [-0.3, -0.25) is 10.2 Å². The summed E-state index contributed by atoms with van der Waals surface area (Å²) in [6, 6.07) is 6.87.